The van der Waals surface area contributed by atoms with E-state index in [1.807, 2.05) is 0 Å². The quantitative estimate of drug-likeness (QED) is 0.797. The Morgan fingerprint density at radius 3 is 2.71 bits per heavy atom. The Morgan fingerprint density at radius 2 is 2.00 bits per heavy atom. The molecule has 0 aliphatic carbocycles. The first kappa shape index (κ1) is 13.5. The summed E-state index contributed by atoms with van der Waals surface area (Å²) in [6.07, 6.45) is 0. The maximum Gasteiger partial charge on any atom is 0.341 e. The lowest BCUT2D eigenvalue weighted by Gasteiger charge is -2.02. The van der Waals surface area contributed by atoms with Gasteiger partial charge in [0.05, 0.1) is 0 Å². The number of hydrogen-bond acceptors (Lipinski definition) is 4. The summed E-state index contributed by atoms with van der Waals surface area (Å²) in [5, 5.41) is 9.15. The van der Waals surface area contributed by atoms with Crippen LogP contribution in [0.2, 0.25) is 5.02 Å². The van der Waals surface area contributed by atoms with Gasteiger partial charge in [-0.3, -0.25) is 0 Å². The Bertz CT molecular complexity index is 795. The molecule has 0 fully saturated rings. The van der Waals surface area contributed by atoms with Gasteiger partial charge in [-0.15, -0.1) is 0 Å². The summed E-state index contributed by atoms with van der Waals surface area (Å²) < 4.78 is 10.7. The number of ether oxygens (including phenoxy) is 1. The van der Waals surface area contributed by atoms with Gasteiger partial charge in [0.25, 0.3) is 0 Å². The summed E-state index contributed by atoms with van der Waals surface area (Å²) in [5.74, 6) is -0.0766. The maximum atomic E-state index is 10.4. The van der Waals surface area contributed by atoms with Crippen LogP contribution in [0.5, 0.6) is 5.75 Å². The third-order valence-electron chi connectivity index (χ3n) is 2.81. The Labute approximate surface area is 124 Å². The zero-order valence-electron chi connectivity index (χ0n) is 10.7. The average Bonchev–Trinajstić information content (AvgIpc) is 2.88. The fourth-order valence-electron chi connectivity index (χ4n) is 1.86. The van der Waals surface area contributed by atoms with E-state index >= 15 is 0 Å². The molecule has 3 rings (SSSR count). The van der Waals surface area contributed by atoms with Crippen LogP contribution in [-0.2, 0) is 4.79 Å². The number of aliphatic carboxylic acids is 1. The number of carbonyl (C=O) groups is 1. The second kappa shape index (κ2) is 5.46. The van der Waals surface area contributed by atoms with Crippen LogP contribution in [0, 0.1) is 0 Å². The lowest BCUT2D eigenvalue weighted by atomic mass is 10.2. The molecule has 1 N–H and O–H groups in total. The molecule has 0 aliphatic rings. The molecule has 5 nitrogen and oxygen atoms in total. The van der Waals surface area contributed by atoms with Gasteiger partial charge in [-0.05, 0) is 42.5 Å². The third kappa shape index (κ3) is 2.98. The highest BCUT2D eigenvalue weighted by Gasteiger charge is 2.09. The Hall–Kier alpha value is -2.53. The molecule has 0 amide bonds. The van der Waals surface area contributed by atoms with Crippen LogP contribution in [0.4, 0.5) is 0 Å². The second-order valence-corrected chi connectivity index (χ2v) is 4.77. The number of aromatic nitrogens is 1. The average molecular weight is 304 g/mol. The first-order valence-corrected chi connectivity index (χ1v) is 6.51. The predicted octanol–water partition coefficient (Wildman–Crippen LogP) is 3.61. The number of carboxylic acids is 1. The first-order chi connectivity index (χ1) is 10.1. The smallest absolute Gasteiger partial charge is 0.341 e. The fraction of sp³-hybridized carbons (Fsp3) is 0.0667. The Morgan fingerprint density at radius 1 is 1.24 bits per heavy atom. The highest BCUT2D eigenvalue weighted by molar-refractivity contribution is 6.31. The molecular weight excluding hydrogens is 294 g/mol. The lowest BCUT2D eigenvalue weighted by Crippen LogP contribution is -2.09. The predicted molar refractivity (Wildman–Crippen MR) is 77.6 cm³/mol. The van der Waals surface area contributed by atoms with E-state index in [1.54, 1.807) is 42.5 Å². The normalized spacial score (nSPS) is 10.7. The summed E-state index contributed by atoms with van der Waals surface area (Å²) in [7, 11) is 0. The molecular formula is C15H10ClNO4. The molecule has 0 unspecified atom stereocenters. The molecule has 21 heavy (non-hydrogen) atoms. The van der Waals surface area contributed by atoms with Gasteiger partial charge in [-0.2, -0.15) is 0 Å². The molecule has 6 heteroatoms. The standard InChI is InChI=1S/C15H10ClNO4/c16-10-3-6-13-12(7-10)17-15(21-13)9-1-4-11(5-2-9)20-8-14(18)19/h1-7H,8H2,(H,18,19). The van der Waals surface area contributed by atoms with Crippen molar-refractivity contribution in [3.8, 4) is 17.2 Å². The van der Waals surface area contributed by atoms with E-state index in [0.29, 0.717) is 27.8 Å². The van der Waals surface area contributed by atoms with E-state index in [0.717, 1.165) is 5.56 Å². The monoisotopic (exact) mass is 303 g/mol. The summed E-state index contributed by atoms with van der Waals surface area (Å²) in [6, 6.07) is 12.1. The fourth-order valence-corrected chi connectivity index (χ4v) is 2.03. The van der Waals surface area contributed by atoms with Gasteiger partial charge in [0.15, 0.2) is 12.2 Å². The van der Waals surface area contributed by atoms with Crippen molar-refractivity contribution >= 4 is 28.7 Å². The second-order valence-electron chi connectivity index (χ2n) is 4.34. The minimum atomic E-state index is -1.02. The van der Waals surface area contributed by atoms with E-state index in [4.69, 9.17) is 25.9 Å². The van der Waals surface area contributed by atoms with Crippen molar-refractivity contribution in [1.29, 1.82) is 0 Å². The topological polar surface area (TPSA) is 72.6 Å². The molecule has 0 saturated carbocycles. The van der Waals surface area contributed by atoms with Crippen molar-refractivity contribution in [2.24, 2.45) is 0 Å². The highest BCUT2D eigenvalue weighted by atomic mass is 35.5. The van der Waals surface area contributed by atoms with Gasteiger partial charge in [0.1, 0.15) is 11.3 Å². The molecule has 1 heterocycles. The molecule has 3 aromatic rings. The van der Waals surface area contributed by atoms with Crippen molar-refractivity contribution in [2.75, 3.05) is 6.61 Å². The summed E-state index contributed by atoms with van der Waals surface area (Å²) in [4.78, 5) is 14.8. The number of benzene rings is 2. The third-order valence-corrected chi connectivity index (χ3v) is 3.05. The molecule has 1 aromatic heterocycles. The largest absolute Gasteiger partial charge is 0.482 e. The van der Waals surface area contributed by atoms with E-state index < -0.39 is 5.97 Å². The van der Waals surface area contributed by atoms with E-state index in [9.17, 15) is 4.79 Å². The minimum Gasteiger partial charge on any atom is -0.482 e. The van der Waals surface area contributed by atoms with Gasteiger partial charge < -0.3 is 14.3 Å². The molecule has 0 spiro atoms. The number of oxazole rings is 1. The van der Waals surface area contributed by atoms with E-state index in [1.165, 1.54) is 0 Å². The molecule has 0 aliphatic heterocycles. The Balaban J connectivity index is 1.86. The minimum absolute atomic E-state index is 0.374. The summed E-state index contributed by atoms with van der Waals surface area (Å²) in [5.41, 5.74) is 2.11. The molecule has 0 bridgehead atoms. The van der Waals surface area contributed by atoms with E-state index in [2.05, 4.69) is 4.98 Å². The van der Waals surface area contributed by atoms with Crippen LogP contribution in [0.25, 0.3) is 22.6 Å². The molecule has 0 saturated heterocycles. The lowest BCUT2D eigenvalue weighted by molar-refractivity contribution is -0.139. The van der Waals surface area contributed by atoms with Gasteiger partial charge in [-0.1, -0.05) is 11.6 Å². The number of nitrogens with zero attached hydrogens (tertiary/aromatic N) is 1. The van der Waals surface area contributed by atoms with Crippen molar-refractivity contribution < 1.29 is 19.1 Å². The van der Waals surface area contributed by atoms with Gasteiger partial charge in [0.2, 0.25) is 5.89 Å². The number of hydrogen-bond donors (Lipinski definition) is 1. The first-order valence-electron chi connectivity index (χ1n) is 6.13. The number of rotatable bonds is 4. The summed E-state index contributed by atoms with van der Waals surface area (Å²) in [6.45, 7) is -0.374. The van der Waals surface area contributed by atoms with Gasteiger partial charge >= 0.3 is 5.97 Å². The SMILES string of the molecule is O=C(O)COc1ccc(-c2nc3cc(Cl)ccc3o2)cc1. The molecule has 0 radical (unpaired) electrons. The summed E-state index contributed by atoms with van der Waals surface area (Å²) >= 11 is 5.91. The van der Waals surface area contributed by atoms with Crippen molar-refractivity contribution in [1.82, 2.24) is 4.98 Å². The van der Waals surface area contributed by atoms with Crippen LogP contribution in [0.1, 0.15) is 0 Å². The van der Waals surface area contributed by atoms with Gasteiger partial charge in [0, 0.05) is 10.6 Å². The number of halogens is 1. The van der Waals surface area contributed by atoms with Crippen molar-refractivity contribution in [3.63, 3.8) is 0 Å². The van der Waals surface area contributed by atoms with Gasteiger partial charge in [-0.25, -0.2) is 9.78 Å². The molecule has 106 valence electrons. The molecule has 2 aromatic carbocycles. The number of fused-ring (bicyclic) bond motifs is 1. The van der Waals surface area contributed by atoms with Crippen molar-refractivity contribution in [2.45, 2.75) is 0 Å². The zero-order chi connectivity index (χ0) is 14.8. The molecule has 0 atom stereocenters. The van der Waals surface area contributed by atoms with Crippen molar-refractivity contribution in [3.05, 3.63) is 47.5 Å². The van der Waals surface area contributed by atoms with Crippen LogP contribution in [0.15, 0.2) is 46.9 Å². The maximum absolute atomic E-state index is 10.4. The zero-order valence-corrected chi connectivity index (χ0v) is 11.5. The Kier molecular flexibility index (Phi) is 3.50. The highest BCUT2D eigenvalue weighted by Crippen LogP contribution is 2.27. The number of carboxylic acid groups (broad SMARTS) is 1. The van der Waals surface area contributed by atoms with E-state index in [-0.39, 0.29) is 6.61 Å². The van der Waals surface area contributed by atoms with Crippen LogP contribution in [-0.4, -0.2) is 22.7 Å². The van der Waals surface area contributed by atoms with Crippen LogP contribution < -0.4 is 4.74 Å². The van der Waals surface area contributed by atoms with Crippen LogP contribution >= 0.6 is 11.6 Å². The van der Waals surface area contributed by atoms with Crippen LogP contribution in [0.3, 0.4) is 0 Å².